The SMILES string of the molecule is CC(c1cccc(F)c1F)N1CCC2CCC(C1)N2. The van der Waals surface area contributed by atoms with Gasteiger partial charge in [-0.2, -0.15) is 0 Å². The highest BCUT2D eigenvalue weighted by Gasteiger charge is 2.32. The van der Waals surface area contributed by atoms with Crippen molar-refractivity contribution in [2.45, 2.75) is 44.3 Å². The first kappa shape index (κ1) is 13.0. The number of rotatable bonds is 2. The Bertz CT molecular complexity index is 463. The first-order valence-corrected chi connectivity index (χ1v) is 7.09. The zero-order chi connectivity index (χ0) is 13.4. The number of nitrogens with zero attached hydrogens (tertiary/aromatic N) is 1. The number of likely N-dealkylation sites (tertiary alicyclic amines) is 1. The standard InChI is InChI=1S/C15H20F2N2/c1-10(13-3-2-4-14(16)15(13)17)19-8-7-11-5-6-12(9-19)18-11/h2-4,10-12,18H,5-9H2,1H3. The molecule has 1 aromatic carbocycles. The summed E-state index contributed by atoms with van der Waals surface area (Å²) >= 11 is 0. The van der Waals surface area contributed by atoms with E-state index in [2.05, 4.69) is 10.2 Å². The van der Waals surface area contributed by atoms with Gasteiger partial charge in [0.05, 0.1) is 0 Å². The van der Waals surface area contributed by atoms with Gasteiger partial charge in [-0.15, -0.1) is 0 Å². The van der Waals surface area contributed by atoms with E-state index in [0.29, 0.717) is 17.6 Å². The third-order valence-corrected chi connectivity index (χ3v) is 4.53. The summed E-state index contributed by atoms with van der Waals surface area (Å²) in [5, 5.41) is 3.61. The lowest BCUT2D eigenvalue weighted by Crippen LogP contribution is -2.37. The molecule has 2 heterocycles. The van der Waals surface area contributed by atoms with Crippen molar-refractivity contribution in [2.75, 3.05) is 13.1 Å². The molecule has 0 saturated carbocycles. The molecule has 1 N–H and O–H groups in total. The molecule has 4 heteroatoms. The first-order valence-electron chi connectivity index (χ1n) is 7.09. The van der Waals surface area contributed by atoms with Crippen LogP contribution < -0.4 is 5.32 Å². The van der Waals surface area contributed by atoms with Gasteiger partial charge in [0, 0.05) is 36.8 Å². The second-order valence-electron chi connectivity index (χ2n) is 5.74. The summed E-state index contributed by atoms with van der Waals surface area (Å²) in [6.45, 7) is 3.84. The summed E-state index contributed by atoms with van der Waals surface area (Å²) in [7, 11) is 0. The minimum absolute atomic E-state index is 0.0724. The average Bonchev–Trinajstić information content (AvgIpc) is 2.72. The van der Waals surface area contributed by atoms with Crippen molar-refractivity contribution < 1.29 is 8.78 Å². The Morgan fingerprint density at radius 1 is 1.21 bits per heavy atom. The Labute approximate surface area is 112 Å². The summed E-state index contributed by atoms with van der Waals surface area (Å²) in [5.74, 6) is -1.45. The number of hydrogen-bond acceptors (Lipinski definition) is 2. The zero-order valence-electron chi connectivity index (χ0n) is 11.2. The monoisotopic (exact) mass is 266 g/mol. The maximum absolute atomic E-state index is 13.9. The van der Waals surface area contributed by atoms with E-state index in [-0.39, 0.29) is 6.04 Å². The molecule has 0 aromatic heterocycles. The Kier molecular flexibility index (Phi) is 3.54. The summed E-state index contributed by atoms with van der Waals surface area (Å²) in [6.07, 6.45) is 3.54. The lowest BCUT2D eigenvalue weighted by Gasteiger charge is -2.30. The van der Waals surface area contributed by atoms with E-state index in [4.69, 9.17) is 0 Å². The second kappa shape index (κ2) is 5.17. The molecule has 0 amide bonds. The summed E-state index contributed by atoms with van der Waals surface area (Å²) in [4.78, 5) is 2.27. The summed E-state index contributed by atoms with van der Waals surface area (Å²) < 4.78 is 27.2. The highest BCUT2D eigenvalue weighted by Crippen LogP contribution is 2.29. The molecule has 2 bridgehead atoms. The summed E-state index contributed by atoms with van der Waals surface area (Å²) in [5.41, 5.74) is 0.470. The fraction of sp³-hybridized carbons (Fsp3) is 0.600. The highest BCUT2D eigenvalue weighted by atomic mass is 19.2. The molecule has 2 aliphatic rings. The number of fused-ring (bicyclic) bond motifs is 2. The Morgan fingerprint density at radius 2 is 2.00 bits per heavy atom. The molecule has 1 aromatic rings. The molecule has 3 rings (SSSR count). The van der Waals surface area contributed by atoms with Crippen molar-refractivity contribution in [3.05, 3.63) is 35.4 Å². The van der Waals surface area contributed by atoms with Gasteiger partial charge in [0.2, 0.25) is 0 Å². The van der Waals surface area contributed by atoms with Crippen LogP contribution in [0.3, 0.4) is 0 Å². The van der Waals surface area contributed by atoms with E-state index < -0.39 is 11.6 Å². The van der Waals surface area contributed by atoms with Gasteiger partial charge >= 0.3 is 0 Å². The van der Waals surface area contributed by atoms with Crippen LogP contribution in [-0.4, -0.2) is 30.1 Å². The van der Waals surface area contributed by atoms with Crippen LogP contribution >= 0.6 is 0 Å². The molecule has 2 saturated heterocycles. The second-order valence-corrected chi connectivity index (χ2v) is 5.74. The van der Waals surface area contributed by atoms with Crippen molar-refractivity contribution in [1.82, 2.24) is 10.2 Å². The predicted molar refractivity (Wildman–Crippen MR) is 70.9 cm³/mol. The van der Waals surface area contributed by atoms with E-state index in [0.717, 1.165) is 19.5 Å². The molecule has 0 spiro atoms. The first-order chi connectivity index (χ1) is 9.15. The van der Waals surface area contributed by atoms with Gasteiger partial charge in [0.25, 0.3) is 0 Å². The van der Waals surface area contributed by atoms with E-state index >= 15 is 0 Å². The Balaban J connectivity index is 1.79. The molecule has 3 unspecified atom stereocenters. The van der Waals surface area contributed by atoms with Crippen LogP contribution in [-0.2, 0) is 0 Å². The van der Waals surface area contributed by atoms with E-state index in [1.807, 2.05) is 6.92 Å². The number of benzene rings is 1. The third kappa shape index (κ3) is 2.51. The van der Waals surface area contributed by atoms with Gasteiger partial charge in [-0.1, -0.05) is 12.1 Å². The third-order valence-electron chi connectivity index (χ3n) is 4.53. The maximum Gasteiger partial charge on any atom is 0.163 e. The predicted octanol–water partition coefficient (Wildman–Crippen LogP) is 2.85. The van der Waals surface area contributed by atoms with E-state index in [1.54, 1.807) is 12.1 Å². The van der Waals surface area contributed by atoms with Crippen LogP contribution in [0, 0.1) is 11.6 Å². The number of halogens is 2. The molecule has 3 atom stereocenters. The van der Waals surface area contributed by atoms with E-state index in [9.17, 15) is 8.78 Å². The van der Waals surface area contributed by atoms with Gasteiger partial charge in [0.15, 0.2) is 11.6 Å². The van der Waals surface area contributed by atoms with Gasteiger partial charge in [-0.05, 0) is 32.3 Å². The van der Waals surface area contributed by atoms with Crippen LogP contribution in [0.5, 0.6) is 0 Å². The van der Waals surface area contributed by atoms with Crippen molar-refractivity contribution in [3.63, 3.8) is 0 Å². The van der Waals surface area contributed by atoms with Crippen LogP contribution in [0.2, 0.25) is 0 Å². The lowest BCUT2D eigenvalue weighted by atomic mass is 10.0. The smallest absolute Gasteiger partial charge is 0.163 e. The van der Waals surface area contributed by atoms with Gasteiger partial charge in [-0.3, -0.25) is 4.90 Å². The Hall–Kier alpha value is -1.00. The minimum Gasteiger partial charge on any atom is -0.310 e. The molecule has 2 aliphatic heterocycles. The van der Waals surface area contributed by atoms with Gasteiger partial charge in [0.1, 0.15) is 0 Å². The highest BCUT2D eigenvalue weighted by molar-refractivity contribution is 5.22. The molecular formula is C15H20F2N2. The quantitative estimate of drug-likeness (QED) is 0.885. The molecule has 0 aliphatic carbocycles. The van der Waals surface area contributed by atoms with Crippen molar-refractivity contribution in [1.29, 1.82) is 0 Å². The largest absolute Gasteiger partial charge is 0.310 e. The van der Waals surface area contributed by atoms with Crippen LogP contribution in [0.25, 0.3) is 0 Å². The molecule has 2 nitrogen and oxygen atoms in total. The van der Waals surface area contributed by atoms with Crippen molar-refractivity contribution in [3.8, 4) is 0 Å². The molecular weight excluding hydrogens is 246 g/mol. The van der Waals surface area contributed by atoms with Gasteiger partial charge < -0.3 is 5.32 Å². The zero-order valence-corrected chi connectivity index (χ0v) is 11.2. The molecule has 2 fully saturated rings. The minimum atomic E-state index is -0.751. The topological polar surface area (TPSA) is 15.3 Å². The van der Waals surface area contributed by atoms with Crippen LogP contribution in [0.4, 0.5) is 8.78 Å². The molecule has 0 radical (unpaired) electrons. The molecule has 104 valence electrons. The van der Waals surface area contributed by atoms with E-state index in [1.165, 1.54) is 18.9 Å². The summed E-state index contributed by atoms with van der Waals surface area (Å²) in [6, 6.07) is 5.51. The fourth-order valence-electron chi connectivity index (χ4n) is 3.36. The maximum atomic E-state index is 13.9. The van der Waals surface area contributed by atoms with Gasteiger partial charge in [-0.25, -0.2) is 8.78 Å². The van der Waals surface area contributed by atoms with Crippen molar-refractivity contribution >= 4 is 0 Å². The average molecular weight is 266 g/mol. The lowest BCUT2D eigenvalue weighted by molar-refractivity contribution is 0.195. The number of nitrogens with one attached hydrogen (secondary N) is 1. The number of hydrogen-bond donors (Lipinski definition) is 1. The Morgan fingerprint density at radius 3 is 2.84 bits per heavy atom. The van der Waals surface area contributed by atoms with Crippen LogP contribution in [0.1, 0.15) is 37.8 Å². The normalized spacial score (nSPS) is 29.2. The van der Waals surface area contributed by atoms with Crippen LogP contribution in [0.15, 0.2) is 18.2 Å². The fourth-order valence-corrected chi connectivity index (χ4v) is 3.36. The molecule has 19 heavy (non-hydrogen) atoms. The van der Waals surface area contributed by atoms with Crippen molar-refractivity contribution in [2.24, 2.45) is 0 Å².